The van der Waals surface area contributed by atoms with Crippen LogP contribution in [0.5, 0.6) is 0 Å². The van der Waals surface area contributed by atoms with E-state index in [1.54, 1.807) is 30.3 Å². The van der Waals surface area contributed by atoms with Crippen molar-refractivity contribution in [1.82, 2.24) is 10.4 Å². The minimum atomic E-state index is -1.05. The lowest BCUT2D eigenvalue weighted by Crippen LogP contribution is -2.17. The van der Waals surface area contributed by atoms with Crippen molar-refractivity contribution < 1.29 is 14.7 Å². The van der Waals surface area contributed by atoms with Gasteiger partial charge >= 0.3 is 5.97 Å². The molecule has 6 heteroatoms. The molecule has 6 nitrogen and oxygen atoms in total. The predicted octanol–water partition coefficient (Wildman–Crippen LogP) is 1.54. The first-order chi connectivity index (χ1) is 9.68. The lowest BCUT2D eigenvalue weighted by molar-refractivity contribution is 0.0696. The molecule has 0 aliphatic heterocycles. The number of amides is 1. The molecular weight excluding hydrogens is 258 g/mol. The van der Waals surface area contributed by atoms with Gasteiger partial charge in [-0.05, 0) is 18.2 Å². The van der Waals surface area contributed by atoms with Crippen LogP contribution in [0, 0.1) is 0 Å². The predicted molar refractivity (Wildman–Crippen MR) is 72.7 cm³/mol. The van der Waals surface area contributed by atoms with E-state index in [0.29, 0.717) is 11.1 Å². The quantitative estimate of drug-likeness (QED) is 0.650. The van der Waals surface area contributed by atoms with Gasteiger partial charge in [0.15, 0.2) is 0 Å². The fourth-order valence-electron chi connectivity index (χ4n) is 1.53. The highest BCUT2D eigenvalue weighted by molar-refractivity contribution is 5.99. The van der Waals surface area contributed by atoms with E-state index in [-0.39, 0.29) is 5.56 Å². The number of nitrogens with zero attached hydrogens (tertiary/aromatic N) is 2. The Hall–Kier alpha value is -3.02. The molecule has 1 aromatic heterocycles. The molecule has 0 bridgehead atoms. The largest absolute Gasteiger partial charge is 0.478 e. The lowest BCUT2D eigenvalue weighted by Gasteiger charge is -2.01. The summed E-state index contributed by atoms with van der Waals surface area (Å²) in [5.74, 6) is -1.44. The van der Waals surface area contributed by atoms with Crippen molar-refractivity contribution in [2.45, 2.75) is 0 Å². The van der Waals surface area contributed by atoms with Crippen LogP contribution in [0.25, 0.3) is 0 Å². The van der Waals surface area contributed by atoms with Crippen LogP contribution in [-0.2, 0) is 0 Å². The zero-order valence-corrected chi connectivity index (χ0v) is 10.4. The van der Waals surface area contributed by atoms with Crippen LogP contribution in [0.3, 0.4) is 0 Å². The minimum absolute atomic E-state index is 0.120. The molecule has 1 aromatic carbocycles. The van der Waals surface area contributed by atoms with Crippen LogP contribution in [-0.4, -0.2) is 28.2 Å². The first-order valence-electron chi connectivity index (χ1n) is 5.74. The monoisotopic (exact) mass is 269 g/mol. The number of aromatic carboxylic acids is 1. The highest BCUT2D eigenvalue weighted by Gasteiger charge is 2.07. The van der Waals surface area contributed by atoms with Gasteiger partial charge in [0.25, 0.3) is 5.91 Å². The van der Waals surface area contributed by atoms with Crippen LogP contribution >= 0.6 is 0 Å². The Morgan fingerprint density at radius 3 is 2.55 bits per heavy atom. The van der Waals surface area contributed by atoms with Crippen molar-refractivity contribution in [3.63, 3.8) is 0 Å². The number of rotatable bonds is 4. The molecule has 1 heterocycles. The van der Waals surface area contributed by atoms with Crippen LogP contribution in [0.15, 0.2) is 53.9 Å². The maximum absolute atomic E-state index is 11.7. The third-order valence-electron chi connectivity index (χ3n) is 2.50. The zero-order valence-electron chi connectivity index (χ0n) is 10.4. The summed E-state index contributed by atoms with van der Waals surface area (Å²) >= 11 is 0. The molecule has 0 saturated carbocycles. The minimum Gasteiger partial charge on any atom is -0.478 e. The summed E-state index contributed by atoms with van der Waals surface area (Å²) in [7, 11) is 0. The Balaban J connectivity index is 2.08. The number of hydrazone groups is 1. The molecule has 1 amide bonds. The van der Waals surface area contributed by atoms with E-state index in [1.165, 1.54) is 24.7 Å². The smallest absolute Gasteiger partial charge is 0.336 e. The Morgan fingerprint density at radius 2 is 1.85 bits per heavy atom. The van der Waals surface area contributed by atoms with Gasteiger partial charge in [-0.25, -0.2) is 10.2 Å². The SMILES string of the molecule is O=C(NN=Cc1ccccc1C(=O)O)c1ccncc1. The van der Waals surface area contributed by atoms with E-state index >= 15 is 0 Å². The van der Waals surface area contributed by atoms with Gasteiger partial charge in [-0.1, -0.05) is 18.2 Å². The van der Waals surface area contributed by atoms with Crippen molar-refractivity contribution in [2.24, 2.45) is 5.10 Å². The Bertz CT molecular complexity index is 654. The molecule has 2 rings (SSSR count). The molecule has 0 aliphatic rings. The second-order valence-corrected chi connectivity index (χ2v) is 3.83. The Morgan fingerprint density at radius 1 is 1.15 bits per heavy atom. The van der Waals surface area contributed by atoms with Crippen molar-refractivity contribution in [3.05, 3.63) is 65.5 Å². The number of benzene rings is 1. The first kappa shape index (κ1) is 13.4. The molecule has 100 valence electrons. The molecule has 2 N–H and O–H groups in total. The van der Waals surface area contributed by atoms with Crippen molar-refractivity contribution in [2.75, 3.05) is 0 Å². The highest BCUT2D eigenvalue weighted by Crippen LogP contribution is 2.05. The number of nitrogens with one attached hydrogen (secondary N) is 1. The van der Waals surface area contributed by atoms with E-state index in [1.807, 2.05) is 0 Å². The highest BCUT2D eigenvalue weighted by atomic mass is 16.4. The van der Waals surface area contributed by atoms with Gasteiger partial charge in [0.1, 0.15) is 0 Å². The molecule has 0 radical (unpaired) electrons. The summed E-state index contributed by atoms with van der Waals surface area (Å²) < 4.78 is 0. The third kappa shape index (κ3) is 3.26. The lowest BCUT2D eigenvalue weighted by atomic mass is 10.1. The summed E-state index contributed by atoms with van der Waals surface area (Å²) in [6.45, 7) is 0. The molecule has 0 saturated heterocycles. The molecular formula is C14H11N3O3. The number of hydrogen-bond acceptors (Lipinski definition) is 4. The molecule has 20 heavy (non-hydrogen) atoms. The molecule has 0 fully saturated rings. The molecule has 0 aliphatic carbocycles. The van der Waals surface area contributed by atoms with Crippen molar-refractivity contribution in [3.8, 4) is 0 Å². The summed E-state index contributed by atoms with van der Waals surface area (Å²) in [6.07, 6.45) is 4.29. The summed E-state index contributed by atoms with van der Waals surface area (Å²) in [5, 5.41) is 12.7. The maximum Gasteiger partial charge on any atom is 0.336 e. The molecule has 0 atom stereocenters. The van der Waals surface area contributed by atoms with E-state index in [2.05, 4.69) is 15.5 Å². The van der Waals surface area contributed by atoms with Crippen LogP contribution in [0.2, 0.25) is 0 Å². The van der Waals surface area contributed by atoms with Gasteiger partial charge in [-0.15, -0.1) is 0 Å². The van der Waals surface area contributed by atoms with Gasteiger partial charge in [-0.2, -0.15) is 5.10 Å². The average molecular weight is 269 g/mol. The van der Waals surface area contributed by atoms with E-state index in [4.69, 9.17) is 5.11 Å². The molecule has 0 spiro atoms. The van der Waals surface area contributed by atoms with Crippen LogP contribution in [0.1, 0.15) is 26.3 Å². The van der Waals surface area contributed by atoms with Gasteiger partial charge in [0.2, 0.25) is 0 Å². The second kappa shape index (κ2) is 6.24. The van der Waals surface area contributed by atoms with E-state index < -0.39 is 11.9 Å². The summed E-state index contributed by atoms with van der Waals surface area (Å²) in [4.78, 5) is 26.5. The zero-order chi connectivity index (χ0) is 14.4. The average Bonchev–Trinajstić information content (AvgIpc) is 2.48. The number of carbonyl (C=O) groups excluding carboxylic acids is 1. The van der Waals surface area contributed by atoms with Crippen LogP contribution in [0.4, 0.5) is 0 Å². The second-order valence-electron chi connectivity index (χ2n) is 3.83. The van der Waals surface area contributed by atoms with Crippen LogP contribution < -0.4 is 5.43 Å². The summed E-state index contributed by atoms with van der Waals surface area (Å²) in [6, 6.07) is 9.49. The fraction of sp³-hybridized carbons (Fsp3) is 0. The van der Waals surface area contributed by atoms with Gasteiger partial charge in [0.05, 0.1) is 11.8 Å². The standard InChI is InChI=1S/C14H11N3O3/c18-13(10-5-7-15-8-6-10)17-16-9-11-3-1-2-4-12(11)14(19)20/h1-9H,(H,17,18)(H,19,20). The maximum atomic E-state index is 11.7. The normalized spacial score (nSPS) is 10.4. The van der Waals surface area contributed by atoms with Gasteiger partial charge in [0, 0.05) is 23.5 Å². The van der Waals surface area contributed by atoms with Crippen molar-refractivity contribution >= 4 is 18.1 Å². The van der Waals surface area contributed by atoms with E-state index in [0.717, 1.165) is 0 Å². The number of hydrogen-bond donors (Lipinski definition) is 2. The number of carbonyl (C=O) groups is 2. The fourth-order valence-corrected chi connectivity index (χ4v) is 1.53. The summed E-state index contributed by atoms with van der Waals surface area (Å²) in [5.41, 5.74) is 3.28. The Labute approximate surface area is 114 Å². The topological polar surface area (TPSA) is 91.7 Å². The Kier molecular flexibility index (Phi) is 4.18. The van der Waals surface area contributed by atoms with Gasteiger partial charge in [-0.3, -0.25) is 9.78 Å². The third-order valence-corrected chi connectivity index (χ3v) is 2.50. The number of aromatic nitrogens is 1. The molecule has 0 unspecified atom stereocenters. The van der Waals surface area contributed by atoms with Crippen molar-refractivity contribution in [1.29, 1.82) is 0 Å². The van der Waals surface area contributed by atoms with Gasteiger partial charge < -0.3 is 5.11 Å². The number of carboxylic acids is 1. The van der Waals surface area contributed by atoms with E-state index in [9.17, 15) is 9.59 Å². The first-order valence-corrected chi connectivity index (χ1v) is 5.74. The molecule has 2 aromatic rings. The number of pyridine rings is 1. The number of carboxylic acid groups (broad SMARTS) is 1.